The van der Waals surface area contributed by atoms with Gasteiger partial charge in [0.1, 0.15) is 5.75 Å². The highest BCUT2D eigenvalue weighted by Gasteiger charge is 2.19. The van der Waals surface area contributed by atoms with Crippen LogP contribution in [-0.2, 0) is 0 Å². The fraction of sp³-hybridized carbons (Fsp3) is 0.100. The number of halogens is 1. The predicted octanol–water partition coefficient (Wildman–Crippen LogP) is 4.46. The normalized spacial score (nSPS) is 10.5. The summed E-state index contributed by atoms with van der Waals surface area (Å²) in [5, 5.41) is 13.8. The Balaban J connectivity index is 2.05. The van der Waals surface area contributed by atoms with Gasteiger partial charge in [-0.25, -0.2) is 4.79 Å². The van der Waals surface area contributed by atoms with Crippen LogP contribution in [-0.4, -0.2) is 31.2 Å². The van der Waals surface area contributed by atoms with Crippen LogP contribution in [0, 0.1) is 0 Å². The number of carboxylic acid groups (broad SMARTS) is 1. The molecule has 0 radical (unpaired) electrons. The zero-order valence-corrected chi connectivity index (χ0v) is 15.3. The zero-order chi connectivity index (χ0) is 19.6. The fourth-order valence-electron chi connectivity index (χ4n) is 2.77. The molecule has 0 fully saturated rings. The quantitative estimate of drug-likeness (QED) is 0.677. The van der Waals surface area contributed by atoms with Crippen molar-refractivity contribution in [2.75, 3.05) is 19.5 Å². The Morgan fingerprint density at radius 3 is 2.26 bits per heavy atom. The van der Waals surface area contributed by atoms with E-state index in [4.69, 9.17) is 21.1 Å². The highest BCUT2D eigenvalue weighted by molar-refractivity contribution is 6.33. The van der Waals surface area contributed by atoms with Crippen molar-refractivity contribution in [1.29, 1.82) is 0 Å². The number of benzene rings is 3. The summed E-state index contributed by atoms with van der Waals surface area (Å²) in [4.78, 5) is 24.1. The molecule has 0 heterocycles. The molecule has 3 rings (SSSR count). The first-order valence-corrected chi connectivity index (χ1v) is 8.31. The molecule has 0 saturated carbocycles. The Morgan fingerprint density at radius 1 is 1.00 bits per heavy atom. The van der Waals surface area contributed by atoms with Gasteiger partial charge in [0.15, 0.2) is 5.75 Å². The van der Waals surface area contributed by atoms with Gasteiger partial charge in [0.25, 0.3) is 5.91 Å². The Bertz CT molecular complexity index is 1050. The third kappa shape index (κ3) is 3.66. The first-order valence-electron chi connectivity index (χ1n) is 7.93. The van der Waals surface area contributed by atoms with E-state index in [0.29, 0.717) is 11.3 Å². The number of carbonyl (C=O) groups excluding carboxylic acids is 1. The molecule has 0 saturated heterocycles. The molecule has 0 aromatic heterocycles. The molecule has 3 aromatic rings. The first kappa shape index (κ1) is 18.5. The number of nitrogens with one attached hydrogen (secondary N) is 1. The topological polar surface area (TPSA) is 84.9 Å². The number of rotatable bonds is 5. The molecular weight excluding hydrogens is 370 g/mol. The lowest BCUT2D eigenvalue weighted by atomic mass is 10.0. The number of hydrogen-bond donors (Lipinski definition) is 2. The molecule has 2 N–H and O–H groups in total. The molecule has 27 heavy (non-hydrogen) atoms. The van der Waals surface area contributed by atoms with E-state index in [-0.39, 0.29) is 22.0 Å². The summed E-state index contributed by atoms with van der Waals surface area (Å²) < 4.78 is 10.5. The van der Waals surface area contributed by atoms with E-state index in [0.717, 1.165) is 10.8 Å². The van der Waals surface area contributed by atoms with Crippen LogP contribution in [0.15, 0.2) is 48.5 Å². The Kier molecular flexibility index (Phi) is 5.19. The van der Waals surface area contributed by atoms with Gasteiger partial charge in [0.2, 0.25) is 0 Å². The summed E-state index contributed by atoms with van der Waals surface area (Å²) in [6.45, 7) is 0. The molecule has 0 aliphatic heterocycles. The van der Waals surface area contributed by atoms with Crippen LogP contribution >= 0.6 is 11.6 Å². The highest BCUT2D eigenvalue weighted by atomic mass is 35.5. The van der Waals surface area contributed by atoms with E-state index >= 15 is 0 Å². The second kappa shape index (κ2) is 7.55. The number of carboxylic acids is 1. The van der Waals surface area contributed by atoms with Gasteiger partial charge in [-0.15, -0.1) is 0 Å². The molecule has 0 atom stereocenters. The van der Waals surface area contributed by atoms with Crippen LogP contribution in [0.25, 0.3) is 10.8 Å². The summed E-state index contributed by atoms with van der Waals surface area (Å²) in [6, 6.07) is 13.6. The van der Waals surface area contributed by atoms with Crippen LogP contribution in [0.5, 0.6) is 11.5 Å². The predicted molar refractivity (Wildman–Crippen MR) is 103 cm³/mol. The van der Waals surface area contributed by atoms with Crippen LogP contribution in [0.4, 0.5) is 5.69 Å². The van der Waals surface area contributed by atoms with Gasteiger partial charge in [0, 0.05) is 0 Å². The number of anilines is 1. The van der Waals surface area contributed by atoms with Crippen LogP contribution in [0.3, 0.4) is 0 Å². The van der Waals surface area contributed by atoms with Crippen molar-refractivity contribution in [3.8, 4) is 11.5 Å². The van der Waals surface area contributed by atoms with E-state index in [2.05, 4.69) is 5.32 Å². The van der Waals surface area contributed by atoms with Crippen molar-refractivity contribution < 1.29 is 24.2 Å². The monoisotopic (exact) mass is 385 g/mol. The van der Waals surface area contributed by atoms with Gasteiger partial charge in [-0.3, -0.25) is 4.79 Å². The molecule has 3 aromatic carbocycles. The number of carbonyl (C=O) groups is 2. The van der Waals surface area contributed by atoms with Gasteiger partial charge in [0.05, 0.1) is 36.1 Å². The van der Waals surface area contributed by atoms with Gasteiger partial charge < -0.3 is 19.9 Å². The zero-order valence-electron chi connectivity index (χ0n) is 14.6. The molecule has 0 aliphatic carbocycles. The number of ether oxygens (including phenoxy) is 2. The Hall–Kier alpha value is -3.25. The molecule has 6 nitrogen and oxygen atoms in total. The number of methoxy groups -OCH3 is 2. The van der Waals surface area contributed by atoms with E-state index in [1.807, 2.05) is 24.3 Å². The van der Waals surface area contributed by atoms with Crippen LogP contribution < -0.4 is 14.8 Å². The van der Waals surface area contributed by atoms with Gasteiger partial charge in [-0.05, 0) is 35.0 Å². The SMILES string of the molecule is COc1cc2ccccc2cc1C(=O)Nc1cc(C(=O)O)cc(Cl)c1OC. The summed E-state index contributed by atoms with van der Waals surface area (Å²) >= 11 is 6.08. The van der Waals surface area contributed by atoms with Crippen molar-refractivity contribution in [2.45, 2.75) is 0 Å². The van der Waals surface area contributed by atoms with Crippen LogP contribution in [0.2, 0.25) is 5.02 Å². The molecule has 7 heteroatoms. The standard InChI is InChI=1S/C20H16ClNO5/c1-26-17-10-12-6-4-3-5-11(12)7-14(17)19(23)22-16-9-13(20(24)25)8-15(21)18(16)27-2/h3-10H,1-2H3,(H,22,23)(H,24,25). The van der Waals surface area contributed by atoms with Crippen LogP contribution in [0.1, 0.15) is 20.7 Å². The third-order valence-corrected chi connectivity index (χ3v) is 4.34. The van der Waals surface area contributed by atoms with Crippen molar-refractivity contribution in [2.24, 2.45) is 0 Å². The van der Waals surface area contributed by atoms with Crippen molar-refractivity contribution in [1.82, 2.24) is 0 Å². The molecule has 0 aliphatic rings. The molecule has 0 bridgehead atoms. The average molecular weight is 386 g/mol. The summed E-state index contributed by atoms with van der Waals surface area (Å²) in [5.41, 5.74) is 0.388. The second-order valence-corrected chi connectivity index (χ2v) is 6.10. The molecular formula is C20H16ClNO5. The van der Waals surface area contributed by atoms with E-state index in [1.165, 1.54) is 26.4 Å². The number of fused-ring (bicyclic) bond motifs is 1. The highest BCUT2D eigenvalue weighted by Crippen LogP contribution is 2.35. The lowest BCUT2D eigenvalue weighted by Gasteiger charge is -2.14. The summed E-state index contributed by atoms with van der Waals surface area (Å²) in [7, 11) is 2.86. The fourth-order valence-corrected chi connectivity index (χ4v) is 3.07. The average Bonchev–Trinajstić information content (AvgIpc) is 2.66. The summed E-state index contributed by atoms with van der Waals surface area (Å²) in [6.07, 6.45) is 0. The lowest BCUT2D eigenvalue weighted by Crippen LogP contribution is -2.15. The Labute approximate surface area is 160 Å². The van der Waals surface area contributed by atoms with Gasteiger partial charge in [-0.1, -0.05) is 35.9 Å². The summed E-state index contributed by atoms with van der Waals surface area (Å²) in [5.74, 6) is -1.08. The molecule has 0 unspecified atom stereocenters. The van der Waals surface area contributed by atoms with E-state index in [9.17, 15) is 14.7 Å². The van der Waals surface area contributed by atoms with E-state index < -0.39 is 11.9 Å². The van der Waals surface area contributed by atoms with Crippen molar-refractivity contribution in [3.63, 3.8) is 0 Å². The second-order valence-electron chi connectivity index (χ2n) is 5.70. The lowest BCUT2D eigenvalue weighted by molar-refractivity contribution is 0.0696. The molecule has 1 amide bonds. The maximum atomic E-state index is 12.9. The minimum atomic E-state index is -1.17. The first-order chi connectivity index (χ1) is 12.9. The molecule has 138 valence electrons. The maximum absolute atomic E-state index is 12.9. The largest absolute Gasteiger partial charge is 0.496 e. The van der Waals surface area contributed by atoms with E-state index in [1.54, 1.807) is 12.1 Å². The minimum Gasteiger partial charge on any atom is -0.496 e. The molecule has 0 spiro atoms. The number of aromatic carboxylic acids is 1. The smallest absolute Gasteiger partial charge is 0.335 e. The van der Waals surface area contributed by atoms with Crippen molar-refractivity contribution in [3.05, 3.63) is 64.7 Å². The Morgan fingerprint density at radius 2 is 1.67 bits per heavy atom. The van der Waals surface area contributed by atoms with Gasteiger partial charge >= 0.3 is 5.97 Å². The van der Waals surface area contributed by atoms with Crippen molar-refractivity contribution >= 4 is 39.9 Å². The number of amides is 1. The minimum absolute atomic E-state index is 0.0680. The maximum Gasteiger partial charge on any atom is 0.335 e. The van der Waals surface area contributed by atoms with Gasteiger partial charge in [-0.2, -0.15) is 0 Å². The third-order valence-electron chi connectivity index (χ3n) is 4.06. The number of hydrogen-bond acceptors (Lipinski definition) is 4.